The van der Waals surface area contributed by atoms with E-state index < -0.39 is 15.6 Å². The number of ether oxygens (including phenoxy) is 1. The molecule has 2 aliphatic heterocycles. The average Bonchev–Trinajstić information content (AvgIpc) is 2.88. The lowest BCUT2D eigenvalue weighted by Crippen LogP contribution is -2.49. The fraction of sp³-hybridized carbons (Fsp3) is 0.348. The van der Waals surface area contributed by atoms with Gasteiger partial charge in [0.15, 0.2) is 0 Å². The van der Waals surface area contributed by atoms with Crippen molar-refractivity contribution in [1.29, 1.82) is 0 Å². The van der Waals surface area contributed by atoms with E-state index in [9.17, 15) is 18.0 Å². The Morgan fingerprint density at radius 2 is 1.74 bits per heavy atom. The van der Waals surface area contributed by atoms with Gasteiger partial charge in [-0.05, 0) is 30.3 Å². The maximum Gasteiger partial charge on any atom is 0.254 e. The molecule has 0 unspecified atom stereocenters. The van der Waals surface area contributed by atoms with Gasteiger partial charge in [0.1, 0.15) is 5.82 Å². The Labute approximate surface area is 196 Å². The molecule has 2 aromatic heterocycles. The highest BCUT2D eigenvalue weighted by molar-refractivity contribution is 7.89. The van der Waals surface area contributed by atoms with E-state index in [1.807, 2.05) is 18.2 Å². The van der Waals surface area contributed by atoms with Crippen LogP contribution in [0.25, 0.3) is 10.9 Å². The second-order valence-corrected chi connectivity index (χ2v) is 10.2. The van der Waals surface area contributed by atoms with Gasteiger partial charge in [0, 0.05) is 62.4 Å². The van der Waals surface area contributed by atoms with E-state index in [0.717, 1.165) is 5.82 Å². The van der Waals surface area contributed by atoms with Gasteiger partial charge in [-0.25, -0.2) is 13.4 Å². The molecule has 1 aromatic carbocycles. The summed E-state index contributed by atoms with van der Waals surface area (Å²) in [6.45, 7) is 3.39. The highest BCUT2D eigenvalue weighted by Crippen LogP contribution is 2.25. The number of morpholine rings is 1. The summed E-state index contributed by atoms with van der Waals surface area (Å²) in [5, 5.41) is 0.408. The number of hydrogen-bond acceptors (Lipinski definition) is 7. The number of hydrogen-bond donors (Lipinski definition) is 1. The first-order valence-corrected chi connectivity index (χ1v) is 12.6. The maximum absolute atomic E-state index is 13.4. The van der Waals surface area contributed by atoms with Crippen LogP contribution in [-0.2, 0) is 14.8 Å². The van der Waals surface area contributed by atoms with Crippen LogP contribution in [0.4, 0.5) is 5.82 Å². The minimum atomic E-state index is -3.75. The Kier molecular flexibility index (Phi) is 6.07. The van der Waals surface area contributed by atoms with Crippen LogP contribution in [0.3, 0.4) is 0 Å². The van der Waals surface area contributed by atoms with Crippen LogP contribution in [0.1, 0.15) is 10.4 Å². The van der Waals surface area contributed by atoms with Crippen LogP contribution in [0.15, 0.2) is 58.4 Å². The van der Waals surface area contributed by atoms with Crippen molar-refractivity contribution in [2.75, 3.05) is 57.4 Å². The minimum Gasteiger partial charge on any atom is -0.379 e. The molecule has 5 rings (SSSR count). The van der Waals surface area contributed by atoms with Gasteiger partial charge in [0.2, 0.25) is 15.6 Å². The molecule has 34 heavy (non-hydrogen) atoms. The van der Waals surface area contributed by atoms with Gasteiger partial charge < -0.3 is 19.5 Å². The van der Waals surface area contributed by atoms with Crippen LogP contribution in [0, 0.1) is 0 Å². The van der Waals surface area contributed by atoms with Crippen molar-refractivity contribution in [3.8, 4) is 0 Å². The number of sulfonamides is 1. The molecule has 1 N–H and O–H groups in total. The molecule has 10 nitrogen and oxygen atoms in total. The summed E-state index contributed by atoms with van der Waals surface area (Å²) in [5.41, 5.74) is 0.208. The second kappa shape index (κ2) is 9.16. The summed E-state index contributed by atoms with van der Waals surface area (Å²) in [6, 6.07) is 11.4. The van der Waals surface area contributed by atoms with Crippen molar-refractivity contribution in [2.45, 2.75) is 4.90 Å². The van der Waals surface area contributed by atoms with Crippen LogP contribution in [0.2, 0.25) is 0 Å². The number of aromatic nitrogens is 2. The van der Waals surface area contributed by atoms with Crippen molar-refractivity contribution in [1.82, 2.24) is 19.2 Å². The predicted molar refractivity (Wildman–Crippen MR) is 127 cm³/mol. The molecule has 0 atom stereocenters. The van der Waals surface area contributed by atoms with Gasteiger partial charge in [-0.2, -0.15) is 4.31 Å². The van der Waals surface area contributed by atoms with Crippen LogP contribution in [-0.4, -0.2) is 86.0 Å². The SMILES string of the molecule is O=C(c1cc(=O)[nH]c2ccc(S(=O)(=O)N3CCOCC3)cc12)N1CCN(c2ccccn2)CC1. The monoisotopic (exact) mass is 483 g/mol. The Morgan fingerprint density at radius 1 is 0.971 bits per heavy atom. The molecule has 178 valence electrons. The van der Waals surface area contributed by atoms with Crippen LogP contribution < -0.4 is 10.5 Å². The fourth-order valence-corrected chi connectivity index (χ4v) is 5.79. The highest BCUT2D eigenvalue weighted by atomic mass is 32.2. The summed E-state index contributed by atoms with van der Waals surface area (Å²) >= 11 is 0. The lowest BCUT2D eigenvalue weighted by atomic mass is 10.1. The third-order valence-corrected chi connectivity index (χ3v) is 8.09. The summed E-state index contributed by atoms with van der Waals surface area (Å²) in [4.78, 5) is 36.7. The number of nitrogens with one attached hydrogen (secondary N) is 1. The van der Waals surface area contributed by atoms with Gasteiger partial charge in [0.05, 0.1) is 23.7 Å². The zero-order valence-electron chi connectivity index (χ0n) is 18.5. The molecule has 3 aromatic rings. The van der Waals surface area contributed by atoms with E-state index in [1.54, 1.807) is 17.2 Å². The third kappa shape index (κ3) is 4.29. The maximum atomic E-state index is 13.4. The molecule has 4 heterocycles. The smallest absolute Gasteiger partial charge is 0.254 e. The van der Waals surface area contributed by atoms with E-state index in [2.05, 4.69) is 14.9 Å². The van der Waals surface area contributed by atoms with Crippen molar-refractivity contribution in [3.63, 3.8) is 0 Å². The summed E-state index contributed by atoms with van der Waals surface area (Å²) < 4.78 is 32.9. The normalized spacial score (nSPS) is 17.8. The summed E-state index contributed by atoms with van der Waals surface area (Å²) in [6.07, 6.45) is 1.73. The molecule has 0 radical (unpaired) electrons. The molecule has 2 saturated heterocycles. The Bertz CT molecular complexity index is 1360. The molecular weight excluding hydrogens is 458 g/mol. The molecule has 11 heteroatoms. The van der Waals surface area contributed by atoms with Crippen molar-refractivity contribution in [3.05, 3.63) is 64.6 Å². The number of carbonyl (C=O) groups excluding carboxylic acids is 1. The molecule has 0 saturated carbocycles. The van der Waals surface area contributed by atoms with Crippen molar-refractivity contribution < 1.29 is 17.9 Å². The van der Waals surface area contributed by atoms with E-state index in [0.29, 0.717) is 50.3 Å². The number of pyridine rings is 2. The number of fused-ring (bicyclic) bond motifs is 1. The molecule has 0 spiro atoms. The van der Waals surface area contributed by atoms with E-state index in [1.165, 1.54) is 22.5 Å². The second-order valence-electron chi connectivity index (χ2n) is 8.24. The minimum absolute atomic E-state index is 0.0861. The van der Waals surface area contributed by atoms with Crippen molar-refractivity contribution in [2.24, 2.45) is 0 Å². The Morgan fingerprint density at radius 3 is 2.44 bits per heavy atom. The zero-order valence-corrected chi connectivity index (χ0v) is 19.3. The lowest BCUT2D eigenvalue weighted by Gasteiger charge is -2.35. The number of H-pyrrole nitrogens is 1. The van der Waals surface area contributed by atoms with Gasteiger partial charge in [0.25, 0.3) is 5.91 Å². The molecular formula is C23H25N5O5S. The largest absolute Gasteiger partial charge is 0.379 e. The Balaban J connectivity index is 1.44. The van der Waals surface area contributed by atoms with Crippen molar-refractivity contribution >= 4 is 32.7 Å². The van der Waals surface area contributed by atoms with E-state index >= 15 is 0 Å². The topological polar surface area (TPSA) is 116 Å². The average molecular weight is 484 g/mol. The number of aromatic amines is 1. The van der Waals surface area contributed by atoms with Gasteiger partial charge in [-0.15, -0.1) is 0 Å². The van der Waals surface area contributed by atoms with E-state index in [-0.39, 0.29) is 29.5 Å². The summed E-state index contributed by atoms with van der Waals surface area (Å²) in [7, 11) is -3.75. The standard InChI is InChI=1S/C23H25N5O5S/c29-22-16-19(23(30)27-9-7-26(8-10-27)21-3-1-2-6-24-21)18-15-17(4-5-20(18)25-22)34(31,32)28-11-13-33-14-12-28/h1-6,15-16H,7-14H2,(H,25,29). The van der Waals surface area contributed by atoms with E-state index in [4.69, 9.17) is 4.74 Å². The molecule has 0 bridgehead atoms. The molecule has 2 aliphatic rings. The van der Waals surface area contributed by atoms with Gasteiger partial charge >= 0.3 is 0 Å². The first kappa shape index (κ1) is 22.5. The highest BCUT2D eigenvalue weighted by Gasteiger charge is 2.28. The lowest BCUT2D eigenvalue weighted by molar-refractivity contribution is 0.0730. The predicted octanol–water partition coefficient (Wildman–Crippen LogP) is 0.906. The first-order chi connectivity index (χ1) is 16.4. The molecule has 2 fully saturated rings. The van der Waals surface area contributed by atoms with Crippen LogP contribution >= 0.6 is 0 Å². The number of rotatable bonds is 4. The zero-order chi connectivity index (χ0) is 23.7. The number of benzene rings is 1. The molecule has 1 amide bonds. The number of piperazine rings is 1. The molecule has 0 aliphatic carbocycles. The van der Waals surface area contributed by atoms with Crippen LogP contribution in [0.5, 0.6) is 0 Å². The Hall–Kier alpha value is -3.28. The first-order valence-electron chi connectivity index (χ1n) is 11.1. The van der Waals surface area contributed by atoms with Gasteiger partial charge in [-0.3, -0.25) is 9.59 Å². The summed E-state index contributed by atoms with van der Waals surface area (Å²) in [5.74, 6) is 0.562. The fourth-order valence-electron chi connectivity index (χ4n) is 4.36. The number of nitrogens with zero attached hydrogens (tertiary/aromatic N) is 4. The number of carbonyl (C=O) groups is 1. The van der Waals surface area contributed by atoms with Gasteiger partial charge in [-0.1, -0.05) is 6.07 Å². The number of anilines is 1. The quantitative estimate of drug-likeness (QED) is 0.586. The number of amides is 1. The third-order valence-electron chi connectivity index (χ3n) is 6.19.